The molecule has 1 fully saturated rings. The van der Waals surface area contributed by atoms with E-state index in [4.69, 9.17) is 0 Å². The third-order valence-electron chi connectivity index (χ3n) is 4.81. The normalized spacial score (nSPS) is 13.8. The van der Waals surface area contributed by atoms with E-state index in [0.29, 0.717) is 18.2 Å². The first-order valence-electron chi connectivity index (χ1n) is 9.01. The fourth-order valence-corrected chi connectivity index (χ4v) is 3.88. The third kappa shape index (κ3) is 3.24. The van der Waals surface area contributed by atoms with Gasteiger partial charge in [-0.1, -0.05) is 30.3 Å². The minimum atomic E-state index is 0.0598. The van der Waals surface area contributed by atoms with E-state index < -0.39 is 0 Å². The van der Waals surface area contributed by atoms with Gasteiger partial charge in [-0.15, -0.1) is 11.3 Å². The topological polar surface area (TPSA) is 50.5 Å². The first-order valence-corrected chi connectivity index (χ1v) is 9.89. The molecule has 5 nitrogen and oxygen atoms in total. The van der Waals surface area contributed by atoms with E-state index in [0.717, 1.165) is 34.8 Å². The van der Waals surface area contributed by atoms with Crippen molar-refractivity contribution in [2.45, 2.75) is 25.4 Å². The molecule has 27 heavy (non-hydrogen) atoms. The zero-order valence-electron chi connectivity index (χ0n) is 14.7. The Morgan fingerprint density at radius 2 is 2.00 bits per heavy atom. The van der Waals surface area contributed by atoms with Crippen LogP contribution in [0.1, 0.15) is 28.2 Å². The van der Waals surface area contributed by atoms with Gasteiger partial charge in [-0.05, 0) is 25.0 Å². The third-order valence-corrected chi connectivity index (χ3v) is 5.57. The number of hydrogen-bond donors (Lipinski definition) is 0. The molecule has 0 atom stereocenters. The number of rotatable bonds is 5. The number of amides is 1. The Balaban J connectivity index is 1.46. The second-order valence-corrected chi connectivity index (χ2v) is 7.74. The number of imidazole rings is 1. The molecule has 0 N–H and O–H groups in total. The monoisotopic (exact) mass is 374 g/mol. The number of carbonyl (C=O) groups is 1. The summed E-state index contributed by atoms with van der Waals surface area (Å²) in [6.45, 7) is 0.582. The SMILES string of the molecule is O=C(c1ccc2nc(-c3ccccc3)cn2c1)N(Cc1nccs1)C1CC1. The lowest BCUT2D eigenvalue weighted by Crippen LogP contribution is -2.32. The number of nitrogens with zero attached hydrogens (tertiary/aromatic N) is 4. The highest BCUT2D eigenvalue weighted by atomic mass is 32.1. The van der Waals surface area contributed by atoms with Crippen molar-refractivity contribution >= 4 is 22.9 Å². The minimum absolute atomic E-state index is 0.0598. The van der Waals surface area contributed by atoms with Gasteiger partial charge in [0.15, 0.2) is 0 Å². The molecule has 0 unspecified atom stereocenters. The highest BCUT2D eigenvalue weighted by molar-refractivity contribution is 7.09. The molecule has 1 aliphatic rings. The minimum Gasteiger partial charge on any atom is -0.329 e. The molecule has 0 spiro atoms. The maximum atomic E-state index is 13.1. The molecule has 5 rings (SSSR count). The predicted octanol–water partition coefficient (Wildman–Crippen LogP) is 4.26. The summed E-state index contributed by atoms with van der Waals surface area (Å²) in [7, 11) is 0. The Kier molecular flexibility index (Phi) is 3.98. The van der Waals surface area contributed by atoms with E-state index >= 15 is 0 Å². The molecule has 1 aromatic carbocycles. The second kappa shape index (κ2) is 6.63. The molecule has 1 amide bonds. The van der Waals surface area contributed by atoms with E-state index in [1.54, 1.807) is 17.5 Å². The van der Waals surface area contributed by atoms with Crippen LogP contribution in [-0.4, -0.2) is 31.2 Å². The van der Waals surface area contributed by atoms with Crippen molar-refractivity contribution in [3.8, 4) is 11.3 Å². The molecule has 6 heteroatoms. The van der Waals surface area contributed by atoms with Gasteiger partial charge in [0, 0.05) is 35.6 Å². The number of fused-ring (bicyclic) bond motifs is 1. The average Bonchev–Trinajstić information content (AvgIpc) is 3.25. The van der Waals surface area contributed by atoms with Crippen LogP contribution >= 0.6 is 11.3 Å². The molecular formula is C21H18N4OS. The van der Waals surface area contributed by atoms with Crippen molar-refractivity contribution in [3.05, 3.63) is 77.0 Å². The van der Waals surface area contributed by atoms with Crippen molar-refractivity contribution in [2.75, 3.05) is 0 Å². The van der Waals surface area contributed by atoms with Gasteiger partial charge in [-0.2, -0.15) is 0 Å². The number of benzene rings is 1. The molecule has 0 bridgehead atoms. The summed E-state index contributed by atoms with van der Waals surface area (Å²) in [6, 6.07) is 14.2. The van der Waals surface area contributed by atoms with Crippen LogP contribution in [0, 0.1) is 0 Å². The lowest BCUT2D eigenvalue weighted by molar-refractivity contribution is 0.0729. The molecule has 0 radical (unpaired) electrons. The quantitative estimate of drug-likeness (QED) is 0.524. The highest BCUT2D eigenvalue weighted by Crippen LogP contribution is 2.30. The fourth-order valence-electron chi connectivity index (χ4n) is 3.26. The number of aromatic nitrogens is 3. The van der Waals surface area contributed by atoms with Gasteiger partial charge in [-0.25, -0.2) is 9.97 Å². The van der Waals surface area contributed by atoms with Crippen molar-refractivity contribution in [3.63, 3.8) is 0 Å². The van der Waals surface area contributed by atoms with E-state index in [2.05, 4.69) is 9.97 Å². The van der Waals surface area contributed by atoms with Crippen LogP contribution in [0.5, 0.6) is 0 Å². The van der Waals surface area contributed by atoms with Crippen molar-refractivity contribution in [1.29, 1.82) is 0 Å². The van der Waals surface area contributed by atoms with Gasteiger partial charge in [0.1, 0.15) is 10.7 Å². The molecule has 3 heterocycles. The van der Waals surface area contributed by atoms with Crippen molar-refractivity contribution in [1.82, 2.24) is 19.3 Å². The standard InChI is InChI=1S/C21H18N4OS/c26-21(25(17-7-8-17)14-20-22-10-11-27-20)16-6-9-19-23-18(13-24(19)12-16)15-4-2-1-3-5-15/h1-6,9-13,17H,7-8,14H2. The van der Waals surface area contributed by atoms with Gasteiger partial charge in [-0.3, -0.25) is 4.79 Å². The van der Waals surface area contributed by atoms with Crippen LogP contribution in [0.2, 0.25) is 0 Å². The summed E-state index contributed by atoms with van der Waals surface area (Å²) in [4.78, 5) is 24.1. The lowest BCUT2D eigenvalue weighted by atomic mass is 10.2. The summed E-state index contributed by atoms with van der Waals surface area (Å²) < 4.78 is 1.93. The van der Waals surface area contributed by atoms with Gasteiger partial charge >= 0.3 is 0 Å². The molecule has 1 saturated carbocycles. The van der Waals surface area contributed by atoms with E-state index in [1.165, 1.54) is 0 Å². The maximum Gasteiger partial charge on any atom is 0.255 e. The predicted molar refractivity (Wildman–Crippen MR) is 106 cm³/mol. The van der Waals surface area contributed by atoms with Gasteiger partial charge < -0.3 is 9.30 Å². The van der Waals surface area contributed by atoms with Crippen LogP contribution in [0.4, 0.5) is 0 Å². The largest absolute Gasteiger partial charge is 0.329 e. The molecular weight excluding hydrogens is 356 g/mol. The van der Waals surface area contributed by atoms with Crippen LogP contribution < -0.4 is 0 Å². The van der Waals surface area contributed by atoms with Crippen molar-refractivity contribution < 1.29 is 4.79 Å². The van der Waals surface area contributed by atoms with Crippen LogP contribution in [0.3, 0.4) is 0 Å². The molecule has 1 aliphatic carbocycles. The summed E-state index contributed by atoms with van der Waals surface area (Å²) >= 11 is 1.59. The van der Waals surface area contributed by atoms with E-state index in [9.17, 15) is 4.79 Å². The van der Waals surface area contributed by atoms with Gasteiger partial charge in [0.05, 0.1) is 17.8 Å². The Bertz CT molecular complexity index is 1080. The maximum absolute atomic E-state index is 13.1. The fraction of sp³-hybridized carbons (Fsp3) is 0.190. The molecule has 0 saturated heterocycles. The average molecular weight is 374 g/mol. The first-order chi connectivity index (χ1) is 13.3. The Morgan fingerprint density at radius 3 is 2.74 bits per heavy atom. The van der Waals surface area contributed by atoms with E-state index in [-0.39, 0.29) is 5.91 Å². The van der Waals surface area contributed by atoms with Gasteiger partial charge in [0.2, 0.25) is 0 Å². The molecule has 3 aromatic heterocycles. The van der Waals surface area contributed by atoms with E-state index in [1.807, 2.05) is 69.5 Å². The van der Waals surface area contributed by atoms with Crippen LogP contribution in [0.25, 0.3) is 16.9 Å². The zero-order valence-corrected chi connectivity index (χ0v) is 15.5. The first kappa shape index (κ1) is 16.2. The summed E-state index contributed by atoms with van der Waals surface area (Å²) in [5, 5.41) is 2.93. The number of carbonyl (C=O) groups excluding carboxylic acids is 1. The number of thiazole rings is 1. The van der Waals surface area contributed by atoms with Gasteiger partial charge in [0.25, 0.3) is 5.91 Å². The van der Waals surface area contributed by atoms with Crippen LogP contribution in [0.15, 0.2) is 66.4 Å². The smallest absolute Gasteiger partial charge is 0.255 e. The number of hydrogen-bond acceptors (Lipinski definition) is 4. The van der Waals surface area contributed by atoms with Crippen molar-refractivity contribution in [2.24, 2.45) is 0 Å². The Labute approximate surface area is 160 Å². The molecule has 0 aliphatic heterocycles. The second-order valence-electron chi connectivity index (χ2n) is 6.77. The Hall–Kier alpha value is -2.99. The van der Waals surface area contributed by atoms with Crippen LogP contribution in [-0.2, 0) is 6.54 Å². The molecule has 4 aromatic rings. The molecule has 134 valence electrons. The summed E-state index contributed by atoms with van der Waals surface area (Å²) in [5.41, 5.74) is 3.49. The Morgan fingerprint density at radius 1 is 1.15 bits per heavy atom. The number of pyridine rings is 1. The zero-order chi connectivity index (χ0) is 18.2. The highest BCUT2D eigenvalue weighted by Gasteiger charge is 2.33. The summed E-state index contributed by atoms with van der Waals surface area (Å²) in [6.07, 6.45) is 7.79. The lowest BCUT2D eigenvalue weighted by Gasteiger charge is -2.21. The summed E-state index contributed by atoms with van der Waals surface area (Å²) in [5.74, 6) is 0.0598.